The number of rotatable bonds is 7. The van der Waals surface area contributed by atoms with E-state index in [1.165, 1.54) is 10.4 Å². The summed E-state index contributed by atoms with van der Waals surface area (Å²) in [6.07, 6.45) is 1.61. The number of hydrogen-bond acceptors (Lipinski definition) is 3. The molecule has 0 atom stereocenters. The smallest absolute Gasteiger partial charge is 0.274 e. The first-order chi connectivity index (χ1) is 16.4. The van der Waals surface area contributed by atoms with Crippen molar-refractivity contribution in [2.75, 3.05) is 5.32 Å². The van der Waals surface area contributed by atoms with Crippen molar-refractivity contribution in [2.24, 2.45) is 0 Å². The number of pyridine rings is 1. The average Bonchev–Trinajstić information content (AvgIpc) is 2.86. The van der Waals surface area contributed by atoms with E-state index in [0.29, 0.717) is 12.3 Å². The molecule has 0 aliphatic heterocycles. The molecule has 1 amide bonds. The molecule has 0 unspecified atom stereocenters. The molecule has 0 spiro atoms. The van der Waals surface area contributed by atoms with Crippen LogP contribution in [0.1, 0.15) is 36.8 Å². The highest BCUT2D eigenvalue weighted by Gasteiger charge is 2.50. The van der Waals surface area contributed by atoms with Crippen molar-refractivity contribution in [1.82, 2.24) is 4.98 Å². The van der Waals surface area contributed by atoms with Crippen molar-refractivity contribution in [3.63, 3.8) is 0 Å². The summed E-state index contributed by atoms with van der Waals surface area (Å²) in [6.45, 7) is 7.31. The molecule has 0 radical (unpaired) electrons. The molecule has 0 aliphatic carbocycles. The lowest BCUT2D eigenvalue weighted by Crippen LogP contribution is -2.66. The topological polar surface area (TPSA) is 51.2 Å². The Morgan fingerprint density at radius 3 is 1.85 bits per heavy atom. The van der Waals surface area contributed by atoms with Gasteiger partial charge in [-0.3, -0.25) is 9.78 Å². The molecular weight excluding hydrogens is 436 g/mol. The van der Waals surface area contributed by atoms with Crippen LogP contribution in [0.5, 0.6) is 0 Å². The zero-order chi connectivity index (χ0) is 24.0. The molecule has 1 heterocycles. The quantitative estimate of drug-likeness (QED) is 0.371. The lowest BCUT2D eigenvalue weighted by Gasteiger charge is -2.43. The number of hydrogen-bond donors (Lipinski definition) is 1. The first kappa shape index (κ1) is 23.6. The standard InChI is InChI=1S/C29H30N2O2Si/c1-29(2,3)34(25-12-6-4-7-13-25,26-14-8-5-9-15-26)33-22-23-17-19-24(20-18-23)31-28(32)27-16-10-11-21-30-27/h4-21H,22H2,1-3H3,(H,31,32). The van der Waals surface area contributed by atoms with E-state index in [4.69, 9.17) is 4.43 Å². The first-order valence-corrected chi connectivity index (χ1v) is 13.4. The molecule has 4 nitrogen and oxygen atoms in total. The summed E-state index contributed by atoms with van der Waals surface area (Å²) in [5.41, 5.74) is 2.18. The van der Waals surface area contributed by atoms with Crippen LogP contribution in [0.15, 0.2) is 109 Å². The predicted octanol–water partition coefficient (Wildman–Crippen LogP) is 5.41. The summed E-state index contributed by atoms with van der Waals surface area (Å²) >= 11 is 0. The van der Waals surface area contributed by atoms with Gasteiger partial charge in [0, 0.05) is 11.9 Å². The largest absolute Gasteiger partial charge is 0.403 e. The van der Waals surface area contributed by atoms with Crippen molar-refractivity contribution in [3.05, 3.63) is 121 Å². The van der Waals surface area contributed by atoms with E-state index in [0.717, 1.165) is 11.3 Å². The zero-order valence-electron chi connectivity index (χ0n) is 19.9. The predicted molar refractivity (Wildman–Crippen MR) is 141 cm³/mol. The van der Waals surface area contributed by atoms with E-state index in [1.807, 2.05) is 36.4 Å². The number of carbonyl (C=O) groups is 1. The van der Waals surface area contributed by atoms with Crippen molar-refractivity contribution in [3.8, 4) is 0 Å². The van der Waals surface area contributed by atoms with Crippen LogP contribution in [0.25, 0.3) is 0 Å². The summed E-state index contributed by atoms with van der Waals surface area (Å²) in [4.78, 5) is 16.5. The van der Waals surface area contributed by atoms with Gasteiger partial charge in [-0.15, -0.1) is 0 Å². The monoisotopic (exact) mass is 466 g/mol. The van der Waals surface area contributed by atoms with Crippen molar-refractivity contribution in [1.29, 1.82) is 0 Å². The molecule has 3 aromatic carbocycles. The fourth-order valence-corrected chi connectivity index (χ4v) is 8.87. The SMILES string of the molecule is CC(C)(C)[Si](OCc1ccc(NC(=O)c2ccccn2)cc1)(c1ccccc1)c1ccccc1. The van der Waals surface area contributed by atoms with Crippen molar-refractivity contribution >= 4 is 30.3 Å². The van der Waals surface area contributed by atoms with Crippen LogP contribution in [-0.4, -0.2) is 19.2 Å². The van der Waals surface area contributed by atoms with Gasteiger partial charge in [0.25, 0.3) is 14.2 Å². The number of carbonyl (C=O) groups excluding carboxylic acids is 1. The van der Waals surface area contributed by atoms with Crippen LogP contribution >= 0.6 is 0 Å². The third-order valence-corrected chi connectivity index (χ3v) is 11.0. The fraction of sp³-hybridized carbons (Fsp3) is 0.172. The van der Waals surface area contributed by atoms with E-state index in [2.05, 4.69) is 79.6 Å². The summed E-state index contributed by atoms with van der Waals surface area (Å²) in [7, 11) is -2.59. The summed E-state index contributed by atoms with van der Waals surface area (Å²) in [5.74, 6) is -0.225. The Morgan fingerprint density at radius 2 is 1.35 bits per heavy atom. The number of nitrogens with one attached hydrogen (secondary N) is 1. The Morgan fingerprint density at radius 1 is 0.794 bits per heavy atom. The molecule has 1 aromatic heterocycles. The number of aromatic nitrogens is 1. The molecule has 0 saturated heterocycles. The second kappa shape index (κ2) is 10.2. The van der Waals surface area contributed by atoms with Crippen LogP contribution < -0.4 is 15.7 Å². The molecule has 1 N–H and O–H groups in total. The lowest BCUT2D eigenvalue weighted by atomic mass is 10.2. The first-order valence-electron chi connectivity index (χ1n) is 11.5. The maximum atomic E-state index is 12.4. The number of nitrogens with zero attached hydrogens (tertiary/aromatic N) is 1. The summed E-state index contributed by atoms with van der Waals surface area (Å²) in [5, 5.41) is 5.34. The number of benzene rings is 3. The van der Waals surface area contributed by atoms with E-state index >= 15 is 0 Å². The molecule has 4 aromatic rings. The van der Waals surface area contributed by atoms with Gasteiger partial charge >= 0.3 is 0 Å². The minimum absolute atomic E-state index is 0.0771. The Bertz CT molecular complexity index is 1170. The molecule has 0 aliphatic rings. The van der Waals surface area contributed by atoms with Gasteiger partial charge in [-0.1, -0.05) is 99.6 Å². The number of amides is 1. The van der Waals surface area contributed by atoms with E-state index in [9.17, 15) is 4.79 Å². The highest BCUT2D eigenvalue weighted by Crippen LogP contribution is 2.37. The van der Waals surface area contributed by atoms with Gasteiger partial charge in [-0.05, 0) is 45.2 Å². The van der Waals surface area contributed by atoms with Gasteiger partial charge in [0.05, 0.1) is 6.61 Å². The minimum atomic E-state index is -2.59. The Labute approximate surface area is 202 Å². The average molecular weight is 467 g/mol. The van der Waals surface area contributed by atoms with Gasteiger partial charge in [0.2, 0.25) is 0 Å². The van der Waals surface area contributed by atoms with Crippen molar-refractivity contribution in [2.45, 2.75) is 32.4 Å². The van der Waals surface area contributed by atoms with Crippen LogP contribution in [0.2, 0.25) is 5.04 Å². The molecule has 0 saturated carbocycles. The molecule has 0 fully saturated rings. The number of anilines is 1. The molecule has 5 heteroatoms. The third-order valence-electron chi connectivity index (χ3n) is 5.98. The van der Waals surface area contributed by atoms with Crippen LogP contribution in [0.3, 0.4) is 0 Å². The fourth-order valence-electron chi connectivity index (χ4n) is 4.33. The zero-order valence-corrected chi connectivity index (χ0v) is 20.9. The summed E-state index contributed by atoms with van der Waals surface area (Å²) < 4.78 is 6.98. The molecule has 4 rings (SSSR count). The van der Waals surface area contributed by atoms with Gasteiger partial charge in [-0.2, -0.15) is 0 Å². The molecule has 34 heavy (non-hydrogen) atoms. The Hall–Kier alpha value is -3.54. The van der Waals surface area contributed by atoms with Crippen LogP contribution in [0.4, 0.5) is 5.69 Å². The van der Waals surface area contributed by atoms with Gasteiger partial charge in [0.1, 0.15) is 5.69 Å². The molecule has 0 bridgehead atoms. The van der Waals surface area contributed by atoms with Crippen molar-refractivity contribution < 1.29 is 9.22 Å². The second-order valence-electron chi connectivity index (χ2n) is 9.32. The Balaban J connectivity index is 1.58. The Kier molecular flexibility index (Phi) is 7.05. The molecular formula is C29H30N2O2Si. The van der Waals surface area contributed by atoms with Gasteiger partial charge in [-0.25, -0.2) is 0 Å². The second-order valence-corrected chi connectivity index (χ2v) is 13.6. The molecule has 172 valence electrons. The van der Waals surface area contributed by atoms with Gasteiger partial charge < -0.3 is 9.74 Å². The van der Waals surface area contributed by atoms with Crippen LogP contribution in [-0.2, 0) is 11.0 Å². The summed E-state index contributed by atoms with van der Waals surface area (Å²) in [6, 6.07) is 34.4. The van der Waals surface area contributed by atoms with E-state index in [1.54, 1.807) is 24.4 Å². The highest BCUT2D eigenvalue weighted by atomic mass is 28.4. The van der Waals surface area contributed by atoms with Crippen LogP contribution in [0, 0.1) is 0 Å². The maximum absolute atomic E-state index is 12.4. The highest BCUT2D eigenvalue weighted by molar-refractivity contribution is 6.99. The normalized spacial score (nSPS) is 11.7. The van der Waals surface area contributed by atoms with E-state index < -0.39 is 8.32 Å². The maximum Gasteiger partial charge on any atom is 0.274 e. The van der Waals surface area contributed by atoms with E-state index in [-0.39, 0.29) is 10.9 Å². The lowest BCUT2D eigenvalue weighted by molar-refractivity contribution is 0.102. The minimum Gasteiger partial charge on any atom is -0.403 e. The third kappa shape index (κ3) is 5.01. The van der Waals surface area contributed by atoms with Gasteiger partial charge in [0.15, 0.2) is 0 Å².